The molecule has 6 heteroatoms. The third-order valence-corrected chi connectivity index (χ3v) is 4.67. The van der Waals surface area contributed by atoms with E-state index in [0.29, 0.717) is 16.3 Å². The van der Waals surface area contributed by atoms with Gasteiger partial charge in [0.1, 0.15) is 11.5 Å². The van der Waals surface area contributed by atoms with Gasteiger partial charge in [-0.25, -0.2) is 0 Å². The van der Waals surface area contributed by atoms with Crippen LogP contribution >= 0.6 is 11.6 Å². The first-order valence-electron chi connectivity index (χ1n) is 8.80. The Morgan fingerprint density at radius 2 is 1.89 bits per heavy atom. The average Bonchev–Trinajstić information content (AvgIpc) is 2.77. The van der Waals surface area contributed by atoms with Crippen LogP contribution in [0.2, 0.25) is 5.02 Å². The van der Waals surface area contributed by atoms with Crippen molar-refractivity contribution in [3.05, 3.63) is 58.6 Å². The summed E-state index contributed by atoms with van der Waals surface area (Å²) in [6.45, 7) is 5.53. The van der Waals surface area contributed by atoms with Crippen molar-refractivity contribution >= 4 is 29.0 Å². The van der Waals surface area contributed by atoms with Crippen molar-refractivity contribution in [1.29, 1.82) is 0 Å². The summed E-state index contributed by atoms with van der Waals surface area (Å²) >= 11 is 6.06. The summed E-state index contributed by atoms with van der Waals surface area (Å²) in [5, 5.41) is 11.4. The van der Waals surface area contributed by atoms with Gasteiger partial charge in [0.2, 0.25) is 0 Å². The molecule has 0 spiro atoms. The highest BCUT2D eigenvalue weighted by Crippen LogP contribution is 2.44. The summed E-state index contributed by atoms with van der Waals surface area (Å²) < 4.78 is 5.63. The Bertz CT molecular complexity index is 878. The van der Waals surface area contributed by atoms with Gasteiger partial charge in [0.05, 0.1) is 18.3 Å². The molecule has 1 aliphatic rings. The van der Waals surface area contributed by atoms with E-state index >= 15 is 0 Å². The van der Waals surface area contributed by atoms with Crippen LogP contribution in [0.15, 0.2) is 42.5 Å². The number of fused-ring (bicyclic) bond motifs is 1. The molecule has 0 radical (unpaired) electrons. The molecule has 142 valence electrons. The fraction of sp³-hybridized carbons (Fsp3) is 0.333. The van der Waals surface area contributed by atoms with E-state index in [4.69, 9.17) is 16.3 Å². The zero-order valence-corrected chi connectivity index (χ0v) is 16.3. The summed E-state index contributed by atoms with van der Waals surface area (Å²) in [5.41, 5.74) is -0.0645. The molecule has 0 saturated carbocycles. The Morgan fingerprint density at radius 1 is 1.22 bits per heavy atom. The topological polar surface area (TPSA) is 66.8 Å². The Hall–Kier alpha value is -2.37. The van der Waals surface area contributed by atoms with E-state index in [1.54, 1.807) is 18.2 Å². The molecule has 0 fully saturated rings. The molecule has 2 aromatic rings. The normalized spacial score (nSPS) is 18.7. The second-order valence-electron chi connectivity index (χ2n) is 7.10. The summed E-state index contributed by atoms with van der Waals surface area (Å²) in [6.07, 6.45) is -0.203. The van der Waals surface area contributed by atoms with Gasteiger partial charge in [0, 0.05) is 17.0 Å². The Kier molecular flexibility index (Phi) is 5.27. The van der Waals surface area contributed by atoms with E-state index in [1.165, 1.54) is 11.8 Å². The third-order valence-electron chi connectivity index (χ3n) is 4.43. The second kappa shape index (κ2) is 7.33. The van der Waals surface area contributed by atoms with Crippen LogP contribution in [0.5, 0.6) is 5.75 Å². The van der Waals surface area contributed by atoms with Crippen LogP contribution < -0.4 is 9.64 Å². The Labute approximate surface area is 163 Å². The average molecular weight is 388 g/mol. The summed E-state index contributed by atoms with van der Waals surface area (Å²) in [7, 11) is 0. The van der Waals surface area contributed by atoms with Crippen LogP contribution in [0, 0.1) is 0 Å². The number of rotatable bonds is 6. The number of carbonyl (C=O) groups excluding carboxylic acids is 2. The molecule has 1 amide bonds. The van der Waals surface area contributed by atoms with Crippen molar-refractivity contribution in [1.82, 2.24) is 0 Å². The van der Waals surface area contributed by atoms with Crippen LogP contribution in [0.4, 0.5) is 5.69 Å². The maximum Gasteiger partial charge on any atom is 0.264 e. The number of halogens is 1. The van der Waals surface area contributed by atoms with Crippen LogP contribution in [0.1, 0.15) is 38.3 Å². The van der Waals surface area contributed by atoms with Crippen LogP contribution in [-0.2, 0) is 21.7 Å². The number of amides is 1. The van der Waals surface area contributed by atoms with Crippen molar-refractivity contribution in [2.75, 3.05) is 4.90 Å². The lowest BCUT2D eigenvalue weighted by molar-refractivity contribution is -0.141. The predicted octanol–water partition coefficient (Wildman–Crippen LogP) is 3.84. The fourth-order valence-corrected chi connectivity index (χ4v) is 3.51. The molecule has 0 bridgehead atoms. The minimum absolute atomic E-state index is 0.0780. The molecule has 0 aromatic heterocycles. The van der Waals surface area contributed by atoms with Crippen LogP contribution in [0.3, 0.4) is 0 Å². The van der Waals surface area contributed by atoms with Gasteiger partial charge in [-0.05, 0) is 56.7 Å². The lowest BCUT2D eigenvalue weighted by atomic mass is 9.90. The van der Waals surface area contributed by atoms with E-state index in [2.05, 4.69) is 0 Å². The first-order valence-corrected chi connectivity index (χ1v) is 9.18. The lowest BCUT2D eigenvalue weighted by Gasteiger charge is -2.22. The molecule has 27 heavy (non-hydrogen) atoms. The predicted molar refractivity (Wildman–Crippen MR) is 104 cm³/mol. The van der Waals surface area contributed by atoms with Crippen molar-refractivity contribution in [2.24, 2.45) is 0 Å². The van der Waals surface area contributed by atoms with Gasteiger partial charge in [0.15, 0.2) is 5.60 Å². The molecule has 2 aromatic carbocycles. The largest absolute Gasteiger partial charge is 0.491 e. The maximum atomic E-state index is 13.0. The molecular weight excluding hydrogens is 366 g/mol. The van der Waals surface area contributed by atoms with E-state index in [0.717, 1.165) is 11.3 Å². The molecule has 1 atom stereocenters. The zero-order chi connectivity index (χ0) is 19.8. The van der Waals surface area contributed by atoms with E-state index < -0.39 is 11.5 Å². The zero-order valence-electron chi connectivity index (χ0n) is 15.5. The molecule has 1 aliphatic heterocycles. The monoisotopic (exact) mass is 387 g/mol. The molecular formula is C21H22ClNO4. The minimum atomic E-state index is -1.88. The molecule has 1 N–H and O–H groups in total. The Balaban J connectivity index is 1.92. The van der Waals surface area contributed by atoms with Gasteiger partial charge in [-0.3, -0.25) is 9.59 Å². The number of anilines is 1. The standard InChI is InChI=1S/C21H22ClNO4/c1-13(2)27-17-7-4-15(5-8-17)12-23-19-9-6-16(22)10-18(19)21(26,20(23)25)11-14(3)24/h4-10,13,26H,11-12H2,1-3H3/t21-/m0/s1. The summed E-state index contributed by atoms with van der Waals surface area (Å²) in [6, 6.07) is 12.4. The van der Waals surface area contributed by atoms with E-state index in [-0.39, 0.29) is 24.9 Å². The Morgan fingerprint density at radius 3 is 2.48 bits per heavy atom. The molecule has 1 heterocycles. The van der Waals surface area contributed by atoms with Crippen molar-refractivity contribution in [3.8, 4) is 5.75 Å². The molecule has 0 saturated heterocycles. The number of aliphatic hydroxyl groups is 1. The SMILES string of the molecule is CC(=O)C[C@@]1(O)C(=O)N(Cc2ccc(OC(C)C)cc2)c2ccc(Cl)cc21. The van der Waals surface area contributed by atoms with E-state index in [9.17, 15) is 14.7 Å². The lowest BCUT2D eigenvalue weighted by Crippen LogP contribution is -2.41. The van der Waals surface area contributed by atoms with Crippen molar-refractivity contribution in [2.45, 2.75) is 45.4 Å². The summed E-state index contributed by atoms with van der Waals surface area (Å²) in [4.78, 5) is 26.2. The smallest absolute Gasteiger partial charge is 0.264 e. The molecule has 0 unspecified atom stereocenters. The first kappa shape index (κ1) is 19.4. The van der Waals surface area contributed by atoms with Gasteiger partial charge in [-0.2, -0.15) is 0 Å². The third kappa shape index (κ3) is 3.84. The van der Waals surface area contributed by atoms with Crippen LogP contribution in [-0.4, -0.2) is 22.9 Å². The number of ketones is 1. The van der Waals surface area contributed by atoms with Crippen molar-refractivity contribution in [3.63, 3.8) is 0 Å². The number of hydrogen-bond donors (Lipinski definition) is 1. The fourth-order valence-electron chi connectivity index (χ4n) is 3.34. The highest BCUT2D eigenvalue weighted by molar-refractivity contribution is 6.31. The number of benzene rings is 2. The quantitative estimate of drug-likeness (QED) is 0.817. The van der Waals surface area contributed by atoms with Crippen molar-refractivity contribution < 1.29 is 19.4 Å². The highest BCUT2D eigenvalue weighted by Gasteiger charge is 2.50. The van der Waals surface area contributed by atoms with Gasteiger partial charge in [-0.15, -0.1) is 0 Å². The summed E-state index contributed by atoms with van der Waals surface area (Å²) in [5.74, 6) is -0.0342. The minimum Gasteiger partial charge on any atom is -0.491 e. The van der Waals surface area contributed by atoms with Gasteiger partial charge in [-0.1, -0.05) is 23.7 Å². The van der Waals surface area contributed by atoms with Gasteiger partial charge < -0.3 is 14.7 Å². The number of Topliss-reactive ketones (excluding diaryl/α,β-unsaturated/α-hetero) is 1. The number of carbonyl (C=O) groups is 2. The molecule has 5 nitrogen and oxygen atoms in total. The molecule has 0 aliphatic carbocycles. The maximum absolute atomic E-state index is 13.0. The molecule has 3 rings (SSSR count). The highest BCUT2D eigenvalue weighted by atomic mass is 35.5. The van der Waals surface area contributed by atoms with E-state index in [1.807, 2.05) is 38.1 Å². The van der Waals surface area contributed by atoms with Gasteiger partial charge in [0.25, 0.3) is 5.91 Å². The number of hydrogen-bond acceptors (Lipinski definition) is 4. The second-order valence-corrected chi connectivity index (χ2v) is 7.54. The number of ether oxygens (including phenoxy) is 1. The first-order chi connectivity index (χ1) is 12.7. The number of nitrogens with zero attached hydrogens (tertiary/aromatic N) is 1. The van der Waals surface area contributed by atoms with Gasteiger partial charge >= 0.3 is 0 Å². The van der Waals surface area contributed by atoms with Crippen LogP contribution in [0.25, 0.3) is 0 Å².